The highest BCUT2D eigenvalue weighted by atomic mass is 16.5. The Bertz CT molecular complexity index is 146. The summed E-state index contributed by atoms with van der Waals surface area (Å²) < 4.78 is 5.02. The summed E-state index contributed by atoms with van der Waals surface area (Å²) in [6.07, 6.45) is -4.94. The van der Waals surface area contributed by atoms with Gasteiger partial charge in [0, 0.05) is 0 Å². The zero-order chi connectivity index (χ0) is 9.30. The fourth-order valence-electron chi connectivity index (χ4n) is 1.29. The Balaban J connectivity index is 2.63. The van der Waals surface area contributed by atoms with Gasteiger partial charge in [-0.3, -0.25) is 0 Å². The SMILES string of the molecule is CC1O[C@H](CO)[C@@H](O)C(O)[C@H]1O. The topological polar surface area (TPSA) is 90.2 Å². The normalized spacial score (nSPS) is 49.2. The van der Waals surface area contributed by atoms with E-state index in [4.69, 9.17) is 9.84 Å². The minimum Gasteiger partial charge on any atom is -0.394 e. The van der Waals surface area contributed by atoms with Crippen molar-refractivity contribution in [3.05, 3.63) is 0 Å². The highest BCUT2D eigenvalue weighted by Gasteiger charge is 2.41. The molecule has 0 saturated carbocycles. The summed E-state index contributed by atoms with van der Waals surface area (Å²) in [6, 6.07) is 0. The van der Waals surface area contributed by atoms with Crippen LogP contribution in [0, 0.1) is 0 Å². The average molecular weight is 178 g/mol. The van der Waals surface area contributed by atoms with Crippen LogP contribution in [0.25, 0.3) is 0 Å². The Hall–Kier alpha value is -0.200. The molecule has 4 N–H and O–H groups in total. The molecular formula is C7H14O5. The lowest BCUT2D eigenvalue weighted by atomic mass is 9.96. The van der Waals surface area contributed by atoms with Crippen LogP contribution < -0.4 is 0 Å². The molecule has 0 aliphatic carbocycles. The van der Waals surface area contributed by atoms with Crippen LogP contribution in [0.3, 0.4) is 0 Å². The first-order chi connectivity index (χ1) is 5.57. The second kappa shape index (κ2) is 3.68. The number of ether oxygens (including phenoxy) is 1. The van der Waals surface area contributed by atoms with Crippen LogP contribution in [0.4, 0.5) is 0 Å². The third-order valence-electron chi connectivity index (χ3n) is 2.13. The number of aliphatic hydroxyl groups excluding tert-OH is 4. The predicted molar refractivity (Wildman–Crippen MR) is 39.4 cm³/mol. The van der Waals surface area contributed by atoms with Gasteiger partial charge in [0.2, 0.25) is 0 Å². The van der Waals surface area contributed by atoms with Crippen molar-refractivity contribution in [1.82, 2.24) is 0 Å². The van der Waals surface area contributed by atoms with Gasteiger partial charge in [-0.15, -0.1) is 0 Å². The van der Waals surface area contributed by atoms with Crippen LogP contribution >= 0.6 is 0 Å². The standard InChI is InChI=1S/C7H14O5/c1-3-5(9)7(11)6(10)4(2-8)12-3/h3-11H,2H2,1H3/t3?,4-,5+,6-,7?/m1/s1. The second-order valence-electron chi connectivity index (χ2n) is 3.03. The van der Waals surface area contributed by atoms with Gasteiger partial charge in [0.1, 0.15) is 24.4 Å². The van der Waals surface area contributed by atoms with E-state index in [9.17, 15) is 15.3 Å². The molecule has 1 aliphatic rings. The van der Waals surface area contributed by atoms with Crippen molar-refractivity contribution in [3.8, 4) is 0 Å². The van der Waals surface area contributed by atoms with E-state index in [2.05, 4.69) is 0 Å². The van der Waals surface area contributed by atoms with Crippen molar-refractivity contribution in [2.45, 2.75) is 37.4 Å². The quantitative estimate of drug-likeness (QED) is 0.367. The van der Waals surface area contributed by atoms with Crippen molar-refractivity contribution in [2.75, 3.05) is 6.61 Å². The molecule has 0 radical (unpaired) electrons. The van der Waals surface area contributed by atoms with Gasteiger partial charge in [-0.25, -0.2) is 0 Å². The highest BCUT2D eigenvalue weighted by Crippen LogP contribution is 2.20. The molecule has 0 amide bonds. The molecular weight excluding hydrogens is 164 g/mol. The first kappa shape index (κ1) is 9.88. The first-order valence-electron chi connectivity index (χ1n) is 3.88. The lowest BCUT2D eigenvalue weighted by molar-refractivity contribution is -0.224. The summed E-state index contributed by atoms with van der Waals surface area (Å²) in [4.78, 5) is 0. The average Bonchev–Trinajstić information content (AvgIpc) is 2.08. The third kappa shape index (κ3) is 1.60. The monoisotopic (exact) mass is 178 g/mol. The van der Waals surface area contributed by atoms with Crippen molar-refractivity contribution < 1.29 is 25.2 Å². The minimum absolute atomic E-state index is 0.366. The van der Waals surface area contributed by atoms with E-state index in [0.717, 1.165) is 0 Å². The van der Waals surface area contributed by atoms with Crippen LogP contribution in [0.1, 0.15) is 6.92 Å². The van der Waals surface area contributed by atoms with E-state index in [-0.39, 0.29) is 6.61 Å². The number of aliphatic hydroxyl groups is 4. The van der Waals surface area contributed by atoms with E-state index >= 15 is 0 Å². The van der Waals surface area contributed by atoms with E-state index in [0.29, 0.717) is 0 Å². The van der Waals surface area contributed by atoms with Crippen LogP contribution in [0.15, 0.2) is 0 Å². The smallest absolute Gasteiger partial charge is 0.111 e. The summed E-state index contributed by atoms with van der Waals surface area (Å²) in [5.41, 5.74) is 0. The van der Waals surface area contributed by atoms with E-state index in [1.807, 2.05) is 0 Å². The Morgan fingerprint density at radius 1 is 1.08 bits per heavy atom. The molecule has 0 aromatic carbocycles. The molecule has 5 heteroatoms. The van der Waals surface area contributed by atoms with Gasteiger partial charge in [-0.05, 0) is 6.92 Å². The van der Waals surface area contributed by atoms with Crippen LogP contribution in [-0.2, 0) is 4.74 Å². The Morgan fingerprint density at radius 3 is 2.17 bits per heavy atom. The van der Waals surface area contributed by atoms with Gasteiger partial charge < -0.3 is 25.2 Å². The Kier molecular flexibility index (Phi) is 3.03. The summed E-state index contributed by atoms with van der Waals surface area (Å²) in [5.74, 6) is 0. The van der Waals surface area contributed by atoms with Crippen molar-refractivity contribution in [3.63, 3.8) is 0 Å². The van der Waals surface area contributed by atoms with E-state index < -0.39 is 30.5 Å². The lowest BCUT2D eigenvalue weighted by Crippen LogP contribution is -2.57. The predicted octanol–water partition coefficient (Wildman–Crippen LogP) is -2.15. The number of hydrogen-bond donors (Lipinski definition) is 4. The molecule has 1 fully saturated rings. The maximum Gasteiger partial charge on any atom is 0.111 e. The van der Waals surface area contributed by atoms with Crippen LogP contribution in [0.5, 0.6) is 0 Å². The highest BCUT2D eigenvalue weighted by molar-refractivity contribution is 4.89. The molecule has 1 rings (SSSR count). The lowest BCUT2D eigenvalue weighted by Gasteiger charge is -2.38. The van der Waals surface area contributed by atoms with Gasteiger partial charge in [0.25, 0.3) is 0 Å². The second-order valence-corrected chi connectivity index (χ2v) is 3.03. The molecule has 0 aromatic heterocycles. The largest absolute Gasteiger partial charge is 0.394 e. The summed E-state index contributed by atoms with van der Waals surface area (Å²) in [7, 11) is 0. The first-order valence-corrected chi connectivity index (χ1v) is 3.88. The zero-order valence-corrected chi connectivity index (χ0v) is 6.79. The summed E-state index contributed by atoms with van der Waals surface area (Å²) in [6.45, 7) is 1.21. The molecule has 0 bridgehead atoms. The Labute approximate surface area is 70.2 Å². The fourth-order valence-corrected chi connectivity index (χ4v) is 1.29. The summed E-state index contributed by atoms with van der Waals surface area (Å²) >= 11 is 0. The van der Waals surface area contributed by atoms with Gasteiger partial charge in [0.15, 0.2) is 0 Å². The fraction of sp³-hybridized carbons (Fsp3) is 1.00. The number of hydrogen-bond acceptors (Lipinski definition) is 5. The molecule has 1 aliphatic heterocycles. The van der Waals surface area contributed by atoms with Crippen LogP contribution in [0.2, 0.25) is 0 Å². The maximum atomic E-state index is 9.23. The van der Waals surface area contributed by atoms with Gasteiger partial charge in [0.05, 0.1) is 12.7 Å². The zero-order valence-electron chi connectivity index (χ0n) is 6.79. The Morgan fingerprint density at radius 2 is 1.67 bits per heavy atom. The molecule has 0 aromatic rings. The molecule has 12 heavy (non-hydrogen) atoms. The molecule has 0 spiro atoms. The minimum atomic E-state index is -1.24. The summed E-state index contributed by atoms with van der Waals surface area (Å²) in [5, 5.41) is 36.4. The van der Waals surface area contributed by atoms with Gasteiger partial charge >= 0.3 is 0 Å². The van der Waals surface area contributed by atoms with Crippen molar-refractivity contribution in [1.29, 1.82) is 0 Å². The van der Waals surface area contributed by atoms with Gasteiger partial charge in [-0.2, -0.15) is 0 Å². The van der Waals surface area contributed by atoms with Crippen LogP contribution in [-0.4, -0.2) is 57.6 Å². The molecule has 1 saturated heterocycles. The molecule has 1 heterocycles. The molecule has 72 valence electrons. The van der Waals surface area contributed by atoms with Gasteiger partial charge in [-0.1, -0.05) is 0 Å². The number of rotatable bonds is 1. The van der Waals surface area contributed by atoms with E-state index in [1.165, 1.54) is 0 Å². The third-order valence-corrected chi connectivity index (χ3v) is 2.13. The molecule has 2 unspecified atom stereocenters. The van der Waals surface area contributed by atoms with Crippen molar-refractivity contribution in [2.24, 2.45) is 0 Å². The maximum absolute atomic E-state index is 9.23. The molecule has 5 nitrogen and oxygen atoms in total. The van der Waals surface area contributed by atoms with Crippen molar-refractivity contribution >= 4 is 0 Å². The molecule has 5 atom stereocenters. The van der Waals surface area contributed by atoms with E-state index in [1.54, 1.807) is 6.92 Å².